The third-order valence-electron chi connectivity index (χ3n) is 5.17. The highest BCUT2D eigenvalue weighted by Gasteiger charge is 2.27. The van der Waals surface area contributed by atoms with Crippen molar-refractivity contribution in [1.29, 1.82) is 0 Å². The molecule has 0 amide bonds. The molecule has 0 bridgehead atoms. The lowest BCUT2D eigenvalue weighted by molar-refractivity contribution is -0.130. The second-order valence-electron chi connectivity index (χ2n) is 7.45. The van der Waals surface area contributed by atoms with E-state index >= 15 is 0 Å². The van der Waals surface area contributed by atoms with E-state index in [4.69, 9.17) is 23.7 Å². The average molecular weight is 485 g/mol. The topological polar surface area (TPSA) is 92.7 Å². The Hall–Kier alpha value is -4.85. The van der Waals surface area contributed by atoms with Gasteiger partial charge in [0.25, 0.3) is 0 Å². The molecule has 3 aromatic rings. The summed E-state index contributed by atoms with van der Waals surface area (Å²) in [5, 5.41) is 0. The third kappa shape index (κ3) is 5.44. The van der Waals surface area contributed by atoms with Crippen LogP contribution in [0.1, 0.15) is 16.7 Å². The molecule has 8 heteroatoms. The number of nitrogens with zero attached hydrogens (tertiary/aromatic N) is 1. The fraction of sp³-hybridized carbons (Fsp3) is 0.107. The zero-order valence-electron chi connectivity index (χ0n) is 19.9. The Bertz CT molecular complexity index is 1350. The van der Waals surface area contributed by atoms with Gasteiger partial charge in [-0.25, -0.2) is 14.6 Å². The molecule has 0 aromatic heterocycles. The first-order valence-corrected chi connectivity index (χ1v) is 10.9. The highest BCUT2D eigenvalue weighted by molar-refractivity contribution is 6.13. The molecule has 0 unspecified atom stereocenters. The van der Waals surface area contributed by atoms with Crippen molar-refractivity contribution in [2.75, 3.05) is 21.3 Å². The summed E-state index contributed by atoms with van der Waals surface area (Å²) in [5.41, 5.74) is 1.86. The second kappa shape index (κ2) is 11.1. The van der Waals surface area contributed by atoms with E-state index in [0.717, 1.165) is 5.56 Å². The van der Waals surface area contributed by atoms with E-state index < -0.39 is 11.9 Å². The molecule has 36 heavy (non-hydrogen) atoms. The maximum atomic E-state index is 12.6. The molecule has 1 heterocycles. The van der Waals surface area contributed by atoms with Gasteiger partial charge in [0.1, 0.15) is 5.75 Å². The van der Waals surface area contributed by atoms with Crippen LogP contribution in [0.25, 0.3) is 12.2 Å². The van der Waals surface area contributed by atoms with Crippen LogP contribution in [0.3, 0.4) is 0 Å². The van der Waals surface area contributed by atoms with Crippen LogP contribution in [0.2, 0.25) is 0 Å². The number of aliphatic imine (C=N–C) groups is 1. The van der Waals surface area contributed by atoms with Gasteiger partial charge in [-0.15, -0.1) is 0 Å². The van der Waals surface area contributed by atoms with Gasteiger partial charge in [0.05, 0.1) is 21.3 Å². The number of para-hydroxylation sites is 1. The third-order valence-corrected chi connectivity index (χ3v) is 5.17. The van der Waals surface area contributed by atoms with Gasteiger partial charge < -0.3 is 23.7 Å². The number of hydrogen-bond donors (Lipinski definition) is 0. The van der Waals surface area contributed by atoms with E-state index in [1.165, 1.54) is 33.5 Å². The number of rotatable bonds is 8. The lowest BCUT2D eigenvalue weighted by atomic mass is 10.1. The number of benzene rings is 3. The maximum absolute atomic E-state index is 12.6. The number of esters is 2. The molecule has 8 nitrogen and oxygen atoms in total. The zero-order chi connectivity index (χ0) is 25.5. The predicted octanol–water partition coefficient (Wildman–Crippen LogP) is 4.68. The van der Waals surface area contributed by atoms with E-state index in [2.05, 4.69) is 4.99 Å². The number of carbonyl (C=O) groups is 2. The van der Waals surface area contributed by atoms with Crippen LogP contribution in [0, 0.1) is 0 Å². The van der Waals surface area contributed by atoms with E-state index in [1.807, 2.05) is 30.3 Å². The molecule has 182 valence electrons. The molecule has 0 spiro atoms. The van der Waals surface area contributed by atoms with Gasteiger partial charge in [-0.2, -0.15) is 0 Å². The van der Waals surface area contributed by atoms with E-state index in [9.17, 15) is 9.59 Å². The van der Waals surface area contributed by atoms with Gasteiger partial charge in [0, 0.05) is 17.2 Å². The zero-order valence-corrected chi connectivity index (χ0v) is 19.9. The molecular formula is C28H23NO7. The molecule has 0 radical (unpaired) electrons. The SMILES string of the molecule is COc1cc(C2=N/C(=C/c3ccccc3OC(=O)/C=C/c3ccccc3)C(=O)O2)cc(OC)c1OC. The van der Waals surface area contributed by atoms with E-state index in [0.29, 0.717) is 28.4 Å². The van der Waals surface area contributed by atoms with Gasteiger partial charge in [-0.1, -0.05) is 48.5 Å². The maximum Gasteiger partial charge on any atom is 0.363 e. The van der Waals surface area contributed by atoms with Crippen molar-refractivity contribution in [2.45, 2.75) is 0 Å². The van der Waals surface area contributed by atoms with Gasteiger partial charge in [0.15, 0.2) is 17.2 Å². The van der Waals surface area contributed by atoms with Crippen molar-refractivity contribution in [3.8, 4) is 23.0 Å². The molecule has 0 aliphatic carbocycles. The summed E-state index contributed by atoms with van der Waals surface area (Å²) in [6.07, 6.45) is 4.49. The van der Waals surface area contributed by atoms with Gasteiger partial charge in [-0.3, -0.25) is 0 Å². The molecule has 3 aromatic carbocycles. The Morgan fingerprint density at radius 2 is 1.53 bits per heavy atom. The van der Waals surface area contributed by atoms with Gasteiger partial charge >= 0.3 is 11.9 Å². The van der Waals surface area contributed by atoms with Gasteiger partial charge in [0.2, 0.25) is 11.6 Å². The standard InChI is InChI=1S/C28H23NO7/c1-32-23-16-20(17-24(33-2)26(23)34-3)27-29-21(28(31)36-27)15-19-11-7-8-12-22(19)35-25(30)14-13-18-9-5-4-6-10-18/h4-17H,1-3H3/b14-13+,21-15+. The van der Waals surface area contributed by atoms with Crippen LogP contribution in [-0.4, -0.2) is 39.2 Å². The largest absolute Gasteiger partial charge is 0.493 e. The van der Waals surface area contributed by atoms with Crippen LogP contribution in [0.5, 0.6) is 23.0 Å². The Morgan fingerprint density at radius 3 is 2.19 bits per heavy atom. The first-order chi connectivity index (χ1) is 17.5. The minimum Gasteiger partial charge on any atom is -0.493 e. The quantitative estimate of drug-likeness (QED) is 0.260. The molecule has 0 saturated carbocycles. The van der Waals surface area contributed by atoms with Crippen molar-refractivity contribution in [3.05, 3.63) is 95.2 Å². The lowest BCUT2D eigenvalue weighted by Crippen LogP contribution is -2.07. The summed E-state index contributed by atoms with van der Waals surface area (Å²) in [4.78, 5) is 29.3. The van der Waals surface area contributed by atoms with Crippen LogP contribution in [0.15, 0.2) is 83.5 Å². The summed E-state index contributed by atoms with van der Waals surface area (Å²) >= 11 is 0. The Kier molecular flexibility index (Phi) is 7.45. The highest BCUT2D eigenvalue weighted by Crippen LogP contribution is 2.39. The van der Waals surface area contributed by atoms with Crippen LogP contribution in [0.4, 0.5) is 0 Å². The minimum atomic E-state index is -0.649. The lowest BCUT2D eigenvalue weighted by Gasteiger charge is -2.13. The monoisotopic (exact) mass is 485 g/mol. The molecule has 0 fully saturated rings. The normalized spacial score (nSPS) is 13.9. The Morgan fingerprint density at radius 1 is 0.861 bits per heavy atom. The summed E-state index contributed by atoms with van der Waals surface area (Å²) in [5.74, 6) is 0.334. The number of carbonyl (C=O) groups excluding carboxylic acids is 2. The minimum absolute atomic E-state index is 0.0436. The van der Waals surface area contributed by atoms with E-state index in [1.54, 1.807) is 42.5 Å². The van der Waals surface area contributed by atoms with Crippen molar-refractivity contribution in [3.63, 3.8) is 0 Å². The first-order valence-electron chi connectivity index (χ1n) is 10.9. The van der Waals surface area contributed by atoms with Crippen molar-refractivity contribution < 1.29 is 33.3 Å². The van der Waals surface area contributed by atoms with Crippen molar-refractivity contribution >= 4 is 30.0 Å². The summed E-state index contributed by atoms with van der Waals surface area (Å²) in [6.45, 7) is 0. The first kappa shape index (κ1) is 24.3. The Balaban J connectivity index is 1.60. The molecule has 1 aliphatic rings. The Labute approximate surface area is 208 Å². The van der Waals surface area contributed by atoms with Crippen molar-refractivity contribution in [1.82, 2.24) is 0 Å². The second-order valence-corrected chi connectivity index (χ2v) is 7.45. The van der Waals surface area contributed by atoms with E-state index in [-0.39, 0.29) is 17.3 Å². The molecule has 1 aliphatic heterocycles. The molecule has 0 saturated heterocycles. The van der Waals surface area contributed by atoms with Gasteiger partial charge in [-0.05, 0) is 35.9 Å². The molecule has 0 atom stereocenters. The number of cyclic esters (lactones) is 1. The van der Waals surface area contributed by atoms with Crippen LogP contribution >= 0.6 is 0 Å². The number of methoxy groups -OCH3 is 3. The van der Waals surface area contributed by atoms with Crippen molar-refractivity contribution in [2.24, 2.45) is 4.99 Å². The molecular weight excluding hydrogens is 462 g/mol. The summed E-state index contributed by atoms with van der Waals surface area (Å²) < 4.78 is 26.9. The van der Waals surface area contributed by atoms with Crippen LogP contribution in [-0.2, 0) is 14.3 Å². The number of ether oxygens (including phenoxy) is 5. The molecule has 4 rings (SSSR count). The van der Waals surface area contributed by atoms with Crippen LogP contribution < -0.4 is 18.9 Å². The summed E-state index contributed by atoms with van der Waals surface area (Å²) in [7, 11) is 4.47. The predicted molar refractivity (Wildman–Crippen MR) is 134 cm³/mol. The summed E-state index contributed by atoms with van der Waals surface area (Å²) in [6, 6.07) is 19.5. The fourth-order valence-corrected chi connectivity index (χ4v) is 3.45. The fourth-order valence-electron chi connectivity index (χ4n) is 3.45. The smallest absolute Gasteiger partial charge is 0.363 e. The average Bonchev–Trinajstić information content (AvgIpc) is 3.28. The highest BCUT2D eigenvalue weighted by atomic mass is 16.6. The number of hydrogen-bond acceptors (Lipinski definition) is 8. The molecule has 0 N–H and O–H groups in total.